The van der Waals surface area contributed by atoms with Gasteiger partial charge in [-0.2, -0.15) is 5.26 Å². The van der Waals surface area contributed by atoms with Crippen LogP contribution in [0.4, 0.5) is 0 Å². The molecule has 6 nitrogen and oxygen atoms in total. The number of pyridine rings is 3. The van der Waals surface area contributed by atoms with E-state index in [1.807, 2.05) is 60.8 Å². The van der Waals surface area contributed by atoms with Crippen molar-refractivity contribution in [3.05, 3.63) is 224 Å². The van der Waals surface area contributed by atoms with Gasteiger partial charge in [-0.1, -0.05) is 133 Å². The average molecular weight is 817 g/mol. The Balaban J connectivity index is 1.04. The first-order chi connectivity index (χ1) is 31.7. The van der Waals surface area contributed by atoms with Gasteiger partial charge in [0.2, 0.25) is 0 Å². The Morgan fingerprint density at radius 2 is 0.828 bits per heavy atom. The minimum absolute atomic E-state index is 0.591. The van der Waals surface area contributed by atoms with Gasteiger partial charge in [-0.05, 0) is 84.4 Å². The van der Waals surface area contributed by atoms with Gasteiger partial charge in [-0.3, -0.25) is 4.57 Å². The Morgan fingerprint density at radius 1 is 0.359 bits per heavy atom. The van der Waals surface area contributed by atoms with Gasteiger partial charge >= 0.3 is 0 Å². The molecule has 0 aliphatic carbocycles. The lowest BCUT2D eigenvalue weighted by atomic mass is 10.0. The summed E-state index contributed by atoms with van der Waals surface area (Å²) in [5.41, 5.74) is 15.5. The Kier molecular flexibility index (Phi) is 8.77. The zero-order chi connectivity index (χ0) is 42.6. The van der Waals surface area contributed by atoms with Crippen molar-refractivity contribution in [2.24, 2.45) is 0 Å². The summed E-state index contributed by atoms with van der Waals surface area (Å²) in [5, 5.41) is 14.6. The molecule has 0 radical (unpaired) electrons. The van der Waals surface area contributed by atoms with Crippen molar-refractivity contribution in [2.75, 3.05) is 0 Å². The quantitative estimate of drug-likeness (QED) is 0.161. The highest BCUT2D eigenvalue weighted by atomic mass is 15.1. The second-order valence-electron chi connectivity index (χ2n) is 16.0. The largest absolute Gasteiger partial charge is 0.307 e. The van der Waals surface area contributed by atoms with E-state index in [0.29, 0.717) is 5.56 Å². The van der Waals surface area contributed by atoms with E-state index < -0.39 is 0 Å². The molecule has 12 aromatic rings. The molecule has 5 aromatic heterocycles. The fourth-order valence-corrected chi connectivity index (χ4v) is 9.23. The van der Waals surface area contributed by atoms with Crippen molar-refractivity contribution in [3.8, 4) is 73.7 Å². The number of nitrogens with zero attached hydrogens (tertiary/aromatic N) is 6. The molecule has 0 saturated heterocycles. The maximum Gasteiger partial charge on any atom is 0.138 e. The number of benzene rings is 7. The van der Waals surface area contributed by atoms with Crippen LogP contribution in [0.3, 0.4) is 0 Å². The van der Waals surface area contributed by atoms with Crippen molar-refractivity contribution >= 4 is 43.6 Å². The van der Waals surface area contributed by atoms with Crippen LogP contribution >= 0.6 is 0 Å². The molecule has 7 aromatic carbocycles. The third-order valence-corrected chi connectivity index (χ3v) is 12.2. The van der Waals surface area contributed by atoms with Gasteiger partial charge in [0.1, 0.15) is 5.82 Å². The van der Waals surface area contributed by atoms with E-state index in [1.165, 1.54) is 0 Å². The van der Waals surface area contributed by atoms with Crippen LogP contribution in [-0.2, 0) is 0 Å². The summed E-state index contributed by atoms with van der Waals surface area (Å²) in [6.07, 6.45) is 1.99. The number of rotatable bonds is 7. The summed E-state index contributed by atoms with van der Waals surface area (Å²) in [6.45, 7) is 0. The summed E-state index contributed by atoms with van der Waals surface area (Å²) < 4.78 is 4.56. The second-order valence-corrected chi connectivity index (χ2v) is 16.0. The van der Waals surface area contributed by atoms with E-state index in [4.69, 9.17) is 15.0 Å². The van der Waals surface area contributed by atoms with E-state index in [2.05, 4.69) is 173 Å². The average Bonchev–Trinajstić information content (AvgIpc) is 3.89. The van der Waals surface area contributed by atoms with Crippen molar-refractivity contribution in [3.63, 3.8) is 0 Å². The van der Waals surface area contributed by atoms with Crippen LogP contribution in [0.15, 0.2) is 219 Å². The number of aromatic nitrogens is 5. The van der Waals surface area contributed by atoms with Crippen molar-refractivity contribution in [2.45, 2.75) is 0 Å². The summed E-state index contributed by atoms with van der Waals surface area (Å²) in [6, 6.07) is 75.6. The minimum Gasteiger partial charge on any atom is -0.307 e. The van der Waals surface area contributed by atoms with E-state index in [9.17, 15) is 5.26 Å². The van der Waals surface area contributed by atoms with Crippen LogP contribution in [0.5, 0.6) is 0 Å². The Labute approximate surface area is 369 Å². The van der Waals surface area contributed by atoms with E-state index in [0.717, 1.165) is 111 Å². The van der Waals surface area contributed by atoms with Crippen molar-refractivity contribution in [1.82, 2.24) is 24.1 Å². The number of nitriles is 1. The second kappa shape index (κ2) is 15.2. The fourth-order valence-electron chi connectivity index (χ4n) is 9.23. The zero-order valence-corrected chi connectivity index (χ0v) is 34.5. The van der Waals surface area contributed by atoms with Gasteiger partial charge < -0.3 is 4.57 Å². The molecule has 0 spiro atoms. The normalized spacial score (nSPS) is 11.4. The Morgan fingerprint density at radius 3 is 1.41 bits per heavy atom. The predicted octanol–water partition coefficient (Wildman–Crippen LogP) is 14.3. The Bertz CT molecular complexity index is 3800. The minimum atomic E-state index is 0.591. The van der Waals surface area contributed by atoms with Gasteiger partial charge in [0.05, 0.1) is 68.4 Å². The highest BCUT2D eigenvalue weighted by molar-refractivity contribution is 6.12. The molecule has 12 rings (SSSR count). The number of fused-ring (bicyclic) bond motifs is 6. The molecule has 0 saturated carbocycles. The maximum atomic E-state index is 10.1. The summed E-state index contributed by atoms with van der Waals surface area (Å²) in [7, 11) is 0. The number of para-hydroxylation sites is 2. The molecule has 0 unspecified atom stereocenters. The number of hydrogen-bond donors (Lipinski definition) is 0. The molecule has 6 heteroatoms. The lowest BCUT2D eigenvalue weighted by Gasteiger charge is -2.17. The van der Waals surface area contributed by atoms with Crippen LogP contribution < -0.4 is 0 Å². The molecular formula is C58H36N6. The monoisotopic (exact) mass is 816 g/mol. The van der Waals surface area contributed by atoms with Gasteiger partial charge in [-0.15, -0.1) is 0 Å². The maximum absolute atomic E-state index is 10.1. The topological polar surface area (TPSA) is 72.3 Å². The van der Waals surface area contributed by atoms with Gasteiger partial charge in [0.25, 0.3) is 0 Å². The van der Waals surface area contributed by atoms with Crippen LogP contribution in [0, 0.1) is 11.3 Å². The molecule has 298 valence electrons. The lowest BCUT2D eigenvalue weighted by Crippen LogP contribution is -2.03. The van der Waals surface area contributed by atoms with Gasteiger partial charge in [0.15, 0.2) is 0 Å². The van der Waals surface area contributed by atoms with E-state index >= 15 is 0 Å². The first kappa shape index (κ1) is 36.9. The molecule has 0 atom stereocenters. The molecular weight excluding hydrogens is 781 g/mol. The third-order valence-electron chi connectivity index (χ3n) is 12.2. The standard InChI is InChI=1S/C58H36N6/c59-36-38-14-11-19-41(32-38)46-35-58(64-54-27-10-8-21-45(54)48-34-43(29-31-56(48)64)52-25-13-23-50(62-52)40-17-5-2-6-18-40)60-37-57(46)63-53-26-9-7-20-44(53)47-33-42(28-30-55(47)63)51-24-12-22-49(61-51)39-15-3-1-4-16-39/h1-35,37H. The third kappa shape index (κ3) is 6.22. The highest BCUT2D eigenvalue weighted by Crippen LogP contribution is 2.40. The van der Waals surface area contributed by atoms with Crippen LogP contribution in [-0.4, -0.2) is 24.1 Å². The number of hydrogen-bond acceptors (Lipinski definition) is 4. The molecule has 64 heavy (non-hydrogen) atoms. The fraction of sp³-hybridized carbons (Fsp3) is 0. The first-order valence-electron chi connectivity index (χ1n) is 21.3. The summed E-state index contributed by atoms with van der Waals surface area (Å²) in [5.74, 6) is 0.775. The first-order valence-corrected chi connectivity index (χ1v) is 21.3. The van der Waals surface area contributed by atoms with Gasteiger partial charge in [0, 0.05) is 49.4 Å². The molecule has 0 aliphatic rings. The molecule has 0 amide bonds. The smallest absolute Gasteiger partial charge is 0.138 e. The molecule has 0 fully saturated rings. The molecule has 0 aliphatic heterocycles. The van der Waals surface area contributed by atoms with Gasteiger partial charge in [-0.25, -0.2) is 15.0 Å². The lowest BCUT2D eigenvalue weighted by molar-refractivity contribution is 1.06. The van der Waals surface area contributed by atoms with E-state index in [1.54, 1.807) is 0 Å². The van der Waals surface area contributed by atoms with Crippen molar-refractivity contribution < 1.29 is 0 Å². The Hall–Kier alpha value is -8.92. The molecule has 0 bridgehead atoms. The SMILES string of the molecule is N#Cc1cccc(-c2cc(-n3c4ccccc4c4cc(-c5cccc(-c6ccccc6)n5)ccc43)ncc2-n2c3ccccc3c3cc(-c4cccc(-c5ccccc5)n4)ccc32)c1. The van der Waals surface area contributed by atoms with Crippen LogP contribution in [0.1, 0.15) is 5.56 Å². The van der Waals surface area contributed by atoms with E-state index in [-0.39, 0.29) is 0 Å². The molecule has 0 N–H and O–H groups in total. The highest BCUT2D eigenvalue weighted by Gasteiger charge is 2.21. The summed E-state index contributed by atoms with van der Waals surface area (Å²) in [4.78, 5) is 15.5. The predicted molar refractivity (Wildman–Crippen MR) is 260 cm³/mol. The summed E-state index contributed by atoms with van der Waals surface area (Å²) >= 11 is 0. The van der Waals surface area contributed by atoms with Crippen LogP contribution in [0.2, 0.25) is 0 Å². The molecule has 5 heterocycles. The zero-order valence-electron chi connectivity index (χ0n) is 34.5. The van der Waals surface area contributed by atoms with Crippen molar-refractivity contribution in [1.29, 1.82) is 5.26 Å². The van der Waals surface area contributed by atoms with Crippen LogP contribution in [0.25, 0.3) is 111 Å².